The maximum Gasteiger partial charge on any atom is 0.253 e. The highest BCUT2D eigenvalue weighted by atomic mass is 16.2. The molecule has 5 heteroatoms. The summed E-state index contributed by atoms with van der Waals surface area (Å²) in [6, 6.07) is 7.92. The minimum atomic E-state index is 0.0549. The predicted octanol–water partition coefficient (Wildman–Crippen LogP) is 2.17. The van der Waals surface area contributed by atoms with Gasteiger partial charge in [-0.3, -0.25) is 9.59 Å². The molecule has 1 saturated heterocycles. The normalized spacial score (nSPS) is 20.5. The number of hydrogen-bond donors (Lipinski definition) is 2. The van der Waals surface area contributed by atoms with E-state index < -0.39 is 0 Å². The molecule has 1 aliphatic rings. The lowest BCUT2D eigenvalue weighted by Crippen LogP contribution is -2.42. The summed E-state index contributed by atoms with van der Waals surface area (Å²) >= 11 is 0. The van der Waals surface area contributed by atoms with Gasteiger partial charge < -0.3 is 15.5 Å². The van der Waals surface area contributed by atoms with E-state index in [1.165, 1.54) is 0 Å². The molecule has 1 heterocycles. The van der Waals surface area contributed by atoms with Crippen molar-refractivity contribution in [2.75, 3.05) is 19.6 Å². The van der Waals surface area contributed by atoms with Gasteiger partial charge in [0.2, 0.25) is 5.91 Å². The summed E-state index contributed by atoms with van der Waals surface area (Å²) in [6.45, 7) is 8.91. The molecule has 24 heavy (non-hydrogen) atoms. The number of carbonyl (C=O) groups is 2. The van der Waals surface area contributed by atoms with Gasteiger partial charge in [-0.2, -0.15) is 0 Å². The first-order chi connectivity index (χ1) is 11.5. The molecule has 0 saturated carbocycles. The van der Waals surface area contributed by atoms with E-state index in [2.05, 4.69) is 17.6 Å². The summed E-state index contributed by atoms with van der Waals surface area (Å²) in [5.41, 5.74) is 1.71. The van der Waals surface area contributed by atoms with Crippen LogP contribution in [0.4, 0.5) is 0 Å². The third-order valence-corrected chi connectivity index (χ3v) is 4.71. The molecular weight excluding hydrogens is 302 g/mol. The van der Waals surface area contributed by atoms with Crippen LogP contribution in [-0.2, 0) is 11.3 Å². The van der Waals surface area contributed by atoms with Gasteiger partial charge in [0, 0.05) is 37.2 Å². The third kappa shape index (κ3) is 4.81. The van der Waals surface area contributed by atoms with Gasteiger partial charge in [-0.15, -0.1) is 0 Å². The van der Waals surface area contributed by atoms with Crippen molar-refractivity contribution in [3.8, 4) is 0 Å². The van der Waals surface area contributed by atoms with Gasteiger partial charge >= 0.3 is 0 Å². The monoisotopic (exact) mass is 331 g/mol. The Balaban J connectivity index is 1.87. The molecule has 1 aromatic rings. The Morgan fingerprint density at radius 2 is 1.88 bits per heavy atom. The summed E-state index contributed by atoms with van der Waals surface area (Å²) in [6.07, 6.45) is 1.79. The van der Waals surface area contributed by atoms with Crippen molar-refractivity contribution in [1.82, 2.24) is 15.5 Å². The lowest BCUT2D eigenvalue weighted by molar-refractivity contribution is -0.126. The first-order valence-electron chi connectivity index (χ1n) is 8.94. The Bertz CT molecular complexity index is 552. The summed E-state index contributed by atoms with van der Waals surface area (Å²) in [4.78, 5) is 26.3. The Hall–Kier alpha value is -1.88. The predicted molar refractivity (Wildman–Crippen MR) is 95.7 cm³/mol. The van der Waals surface area contributed by atoms with E-state index in [-0.39, 0.29) is 17.7 Å². The summed E-state index contributed by atoms with van der Waals surface area (Å²) in [5.74, 6) is 0.288. The number of piperidine rings is 1. The standard InChI is InChI=1S/C19H29N3O2/c1-4-22(5-2)19(24)16-8-6-15(7-9-16)13-21-18(23)17-10-11-20-14(3)12-17/h6-9,14,17,20H,4-5,10-13H2,1-3H3,(H,21,23)/t14-,17-/m0/s1. The molecule has 5 nitrogen and oxygen atoms in total. The SMILES string of the molecule is CCN(CC)C(=O)c1ccc(CNC(=O)[C@H]2CCN[C@@H](C)C2)cc1. The van der Waals surface area contributed by atoms with Crippen molar-refractivity contribution in [2.45, 2.75) is 46.2 Å². The minimum Gasteiger partial charge on any atom is -0.352 e. The van der Waals surface area contributed by atoms with E-state index in [0.717, 1.165) is 24.9 Å². The van der Waals surface area contributed by atoms with Gasteiger partial charge in [0.1, 0.15) is 0 Å². The summed E-state index contributed by atoms with van der Waals surface area (Å²) in [7, 11) is 0. The number of amides is 2. The lowest BCUT2D eigenvalue weighted by Gasteiger charge is -2.27. The topological polar surface area (TPSA) is 61.4 Å². The number of benzene rings is 1. The lowest BCUT2D eigenvalue weighted by atomic mass is 9.92. The molecule has 0 radical (unpaired) electrons. The molecule has 0 unspecified atom stereocenters. The van der Waals surface area contributed by atoms with Crippen LogP contribution in [-0.4, -0.2) is 42.4 Å². The highest BCUT2D eigenvalue weighted by Crippen LogP contribution is 2.16. The van der Waals surface area contributed by atoms with Crippen LogP contribution >= 0.6 is 0 Å². The molecule has 2 N–H and O–H groups in total. The molecule has 1 aliphatic heterocycles. The van der Waals surface area contributed by atoms with Crippen LogP contribution in [0.2, 0.25) is 0 Å². The molecule has 2 amide bonds. The van der Waals surface area contributed by atoms with Crippen molar-refractivity contribution < 1.29 is 9.59 Å². The fraction of sp³-hybridized carbons (Fsp3) is 0.579. The molecule has 1 aromatic carbocycles. The van der Waals surface area contributed by atoms with E-state index in [0.29, 0.717) is 31.2 Å². The molecule has 0 aromatic heterocycles. The van der Waals surface area contributed by atoms with Crippen LogP contribution in [0.1, 0.15) is 49.5 Å². The molecule has 1 fully saturated rings. The maximum atomic E-state index is 12.3. The van der Waals surface area contributed by atoms with Crippen LogP contribution in [0, 0.1) is 5.92 Å². The Kier molecular flexibility index (Phi) is 6.79. The van der Waals surface area contributed by atoms with E-state index in [4.69, 9.17) is 0 Å². The molecule has 2 atom stereocenters. The molecule has 0 bridgehead atoms. The van der Waals surface area contributed by atoms with Gasteiger partial charge in [-0.05, 0) is 57.9 Å². The average Bonchev–Trinajstić information content (AvgIpc) is 2.61. The van der Waals surface area contributed by atoms with Gasteiger partial charge in [0.15, 0.2) is 0 Å². The average molecular weight is 331 g/mol. The Morgan fingerprint density at radius 3 is 2.46 bits per heavy atom. The molecule has 132 valence electrons. The van der Waals surface area contributed by atoms with Crippen LogP contribution in [0.25, 0.3) is 0 Å². The first kappa shape index (κ1) is 18.5. The van der Waals surface area contributed by atoms with E-state index in [1.807, 2.05) is 38.1 Å². The fourth-order valence-corrected chi connectivity index (χ4v) is 3.16. The van der Waals surface area contributed by atoms with Crippen LogP contribution < -0.4 is 10.6 Å². The van der Waals surface area contributed by atoms with Crippen molar-refractivity contribution in [3.05, 3.63) is 35.4 Å². The number of nitrogens with zero attached hydrogens (tertiary/aromatic N) is 1. The zero-order chi connectivity index (χ0) is 17.5. The molecule has 2 rings (SSSR count). The van der Waals surface area contributed by atoms with Crippen molar-refractivity contribution in [3.63, 3.8) is 0 Å². The second-order valence-electron chi connectivity index (χ2n) is 6.47. The number of rotatable bonds is 6. The van der Waals surface area contributed by atoms with Gasteiger partial charge in [-0.1, -0.05) is 12.1 Å². The fourth-order valence-electron chi connectivity index (χ4n) is 3.16. The van der Waals surface area contributed by atoms with E-state index in [1.54, 1.807) is 4.90 Å². The van der Waals surface area contributed by atoms with Crippen LogP contribution in [0.3, 0.4) is 0 Å². The molecular formula is C19H29N3O2. The second kappa shape index (κ2) is 8.83. The van der Waals surface area contributed by atoms with E-state index >= 15 is 0 Å². The second-order valence-corrected chi connectivity index (χ2v) is 6.47. The first-order valence-corrected chi connectivity index (χ1v) is 8.94. The van der Waals surface area contributed by atoms with Crippen molar-refractivity contribution in [1.29, 1.82) is 0 Å². The Morgan fingerprint density at radius 1 is 1.21 bits per heavy atom. The molecule has 0 spiro atoms. The zero-order valence-electron chi connectivity index (χ0n) is 15.0. The number of hydrogen-bond acceptors (Lipinski definition) is 3. The number of carbonyl (C=O) groups excluding carboxylic acids is 2. The van der Waals surface area contributed by atoms with Crippen molar-refractivity contribution in [2.24, 2.45) is 5.92 Å². The largest absolute Gasteiger partial charge is 0.352 e. The van der Waals surface area contributed by atoms with Crippen LogP contribution in [0.15, 0.2) is 24.3 Å². The number of nitrogens with one attached hydrogen (secondary N) is 2. The van der Waals surface area contributed by atoms with Gasteiger partial charge in [0.25, 0.3) is 5.91 Å². The highest BCUT2D eigenvalue weighted by molar-refractivity contribution is 5.94. The quantitative estimate of drug-likeness (QED) is 0.840. The van der Waals surface area contributed by atoms with Crippen LogP contribution in [0.5, 0.6) is 0 Å². The highest BCUT2D eigenvalue weighted by Gasteiger charge is 2.24. The van der Waals surface area contributed by atoms with Gasteiger partial charge in [0.05, 0.1) is 0 Å². The summed E-state index contributed by atoms with van der Waals surface area (Å²) < 4.78 is 0. The molecule has 0 aliphatic carbocycles. The van der Waals surface area contributed by atoms with E-state index in [9.17, 15) is 9.59 Å². The zero-order valence-corrected chi connectivity index (χ0v) is 15.0. The minimum absolute atomic E-state index is 0.0549. The smallest absolute Gasteiger partial charge is 0.253 e. The maximum absolute atomic E-state index is 12.3. The third-order valence-electron chi connectivity index (χ3n) is 4.71. The Labute approximate surface area is 144 Å². The van der Waals surface area contributed by atoms with Crippen molar-refractivity contribution >= 4 is 11.8 Å². The van der Waals surface area contributed by atoms with Gasteiger partial charge in [-0.25, -0.2) is 0 Å². The summed E-state index contributed by atoms with van der Waals surface area (Å²) in [5, 5.41) is 6.38.